The van der Waals surface area contributed by atoms with E-state index in [1.807, 2.05) is 0 Å². The molecule has 19 heteroatoms. The lowest BCUT2D eigenvalue weighted by Crippen LogP contribution is -2.02. The maximum atomic E-state index is 12.1. The summed E-state index contributed by atoms with van der Waals surface area (Å²) in [6, 6.07) is 10.0. The van der Waals surface area contributed by atoms with E-state index in [-0.39, 0.29) is 16.8 Å². The molecule has 0 bridgehead atoms. The number of rotatable bonds is 9. The Bertz CT molecular complexity index is 2150. The highest BCUT2D eigenvalue weighted by atomic mass is 32.2. The number of nitrogens with zero attached hydrogens (tertiary/aromatic N) is 4. The molecule has 4 aromatic rings. The van der Waals surface area contributed by atoms with Gasteiger partial charge in [-0.2, -0.15) is 27.1 Å². The highest BCUT2D eigenvalue weighted by molar-refractivity contribution is 7.86. The van der Waals surface area contributed by atoms with Gasteiger partial charge >= 0.3 is 17.9 Å². The molecule has 0 aliphatic rings. The fourth-order valence-corrected chi connectivity index (χ4v) is 5.24. The van der Waals surface area contributed by atoms with Crippen molar-refractivity contribution in [2.45, 2.75) is 9.79 Å². The molecule has 0 radical (unpaired) electrons. The number of benzene rings is 4. The van der Waals surface area contributed by atoms with Crippen molar-refractivity contribution in [3.05, 3.63) is 77.4 Å². The Morgan fingerprint density at radius 3 is 1.75 bits per heavy atom. The summed E-state index contributed by atoms with van der Waals surface area (Å²) in [5.74, 6) is -5.59. The van der Waals surface area contributed by atoms with Crippen LogP contribution >= 0.6 is 0 Å². The molecule has 0 saturated heterocycles. The van der Waals surface area contributed by atoms with Crippen LogP contribution in [-0.4, -0.2) is 64.3 Å². The number of phenolic OH excluding ortho intramolecular Hbond substituents is 1. The largest absolute Gasteiger partial charge is 0.505 e. The number of phenols is 1. The van der Waals surface area contributed by atoms with Gasteiger partial charge in [-0.05, 0) is 53.9 Å². The first-order valence-electron chi connectivity index (χ1n) is 11.5. The van der Waals surface area contributed by atoms with Crippen LogP contribution in [0.1, 0.15) is 31.1 Å². The van der Waals surface area contributed by atoms with E-state index < -0.39 is 87.1 Å². The molecular weight excluding hydrogens is 628 g/mol. The lowest BCUT2D eigenvalue weighted by Gasteiger charge is -2.11. The number of azo groups is 2. The summed E-state index contributed by atoms with van der Waals surface area (Å²) in [4.78, 5) is 32.7. The van der Waals surface area contributed by atoms with Gasteiger partial charge in [0.25, 0.3) is 20.2 Å². The first-order valence-corrected chi connectivity index (χ1v) is 14.4. The molecule has 0 aliphatic heterocycles. The van der Waals surface area contributed by atoms with Gasteiger partial charge in [-0.25, -0.2) is 14.4 Å². The molecule has 0 fully saturated rings. The van der Waals surface area contributed by atoms with Gasteiger partial charge in [0.05, 0.1) is 28.1 Å². The molecule has 0 heterocycles. The van der Waals surface area contributed by atoms with Gasteiger partial charge in [0.15, 0.2) is 5.75 Å². The molecule has 4 aromatic carbocycles. The van der Waals surface area contributed by atoms with Crippen LogP contribution in [0.15, 0.2) is 90.9 Å². The Morgan fingerprint density at radius 2 is 1.20 bits per heavy atom. The Labute approximate surface area is 245 Å². The molecule has 226 valence electrons. The molecule has 0 saturated carbocycles. The SMILES string of the molecule is O=C(O)c1cc(/N=N/c2ccc(/N=N/c3c(S(=O)(=O)O)cc4cccc(S(=O)(=O)O)c4c3O)c(C(=O)O)c2)cc(C(=O)O)c1. The van der Waals surface area contributed by atoms with Gasteiger partial charge in [-0.15, -0.1) is 10.2 Å². The second kappa shape index (κ2) is 11.6. The molecule has 6 N–H and O–H groups in total. The molecule has 17 nitrogen and oxygen atoms in total. The number of hydrogen-bond donors (Lipinski definition) is 6. The van der Waals surface area contributed by atoms with Gasteiger partial charge in [0.2, 0.25) is 0 Å². The molecule has 0 amide bonds. The minimum Gasteiger partial charge on any atom is -0.505 e. The monoisotopic (exact) mass is 644 g/mol. The average Bonchev–Trinajstić information content (AvgIpc) is 2.94. The predicted octanol–water partition coefficient (Wildman–Crippen LogP) is 4.96. The quantitative estimate of drug-likeness (QED) is 0.104. The van der Waals surface area contributed by atoms with Gasteiger partial charge in [0, 0.05) is 5.39 Å². The number of carboxylic acid groups (broad SMARTS) is 3. The van der Waals surface area contributed by atoms with E-state index in [0.717, 1.165) is 54.6 Å². The van der Waals surface area contributed by atoms with Crippen LogP contribution in [-0.2, 0) is 20.2 Å². The maximum absolute atomic E-state index is 12.1. The zero-order valence-corrected chi connectivity index (χ0v) is 23.1. The number of carbonyl (C=O) groups is 3. The van der Waals surface area contributed by atoms with Crippen molar-refractivity contribution in [1.82, 2.24) is 0 Å². The summed E-state index contributed by atoms with van der Waals surface area (Å²) in [5, 5.41) is 52.8. The van der Waals surface area contributed by atoms with E-state index in [2.05, 4.69) is 20.5 Å². The lowest BCUT2D eigenvalue weighted by atomic mass is 10.1. The molecular formula is C25H16N4O13S2. The number of hydrogen-bond acceptors (Lipinski definition) is 12. The van der Waals surface area contributed by atoms with Crippen LogP contribution in [0, 0.1) is 0 Å². The van der Waals surface area contributed by atoms with E-state index in [0.29, 0.717) is 0 Å². The molecule has 4 rings (SSSR count). The second-order valence-corrected chi connectivity index (χ2v) is 11.4. The second-order valence-electron chi connectivity index (χ2n) is 8.66. The van der Waals surface area contributed by atoms with Gasteiger partial charge in [-0.3, -0.25) is 9.11 Å². The van der Waals surface area contributed by atoms with Crippen LogP contribution in [0.5, 0.6) is 5.75 Å². The number of fused-ring (bicyclic) bond motifs is 1. The van der Waals surface area contributed by atoms with Crippen molar-refractivity contribution in [1.29, 1.82) is 0 Å². The number of carboxylic acids is 3. The summed E-state index contributed by atoms with van der Waals surface area (Å²) in [5.41, 5.74) is -3.13. The minimum absolute atomic E-state index is 0.135. The van der Waals surface area contributed by atoms with Crippen LogP contribution in [0.25, 0.3) is 10.8 Å². The third kappa shape index (κ3) is 6.55. The molecule has 44 heavy (non-hydrogen) atoms. The Kier molecular flexibility index (Phi) is 8.23. The van der Waals surface area contributed by atoms with Gasteiger partial charge in [-0.1, -0.05) is 12.1 Å². The zero-order chi connectivity index (χ0) is 32.6. The topological polar surface area (TPSA) is 290 Å². The normalized spacial score (nSPS) is 12.2. The van der Waals surface area contributed by atoms with Crippen LogP contribution in [0.4, 0.5) is 22.7 Å². The third-order valence-electron chi connectivity index (χ3n) is 5.76. The average molecular weight is 645 g/mol. The van der Waals surface area contributed by atoms with E-state index in [1.165, 1.54) is 6.07 Å². The van der Waals surface area contributed by atoms with Crippen molar-refractivity contribution >= 4 is 71.7 Å². The van der Waals surface area contributed by atoms with Crippen molar-refractivity contribution in [2.75, 3.05) is 0 Å². The fourth-order valence-electron chi connectivity index (χ4n) is 3.85. The maximum Gasteiger partial charge on any atom is 0.338 e. The summed E-state index contributed by atoms with van der Waals surface area (Å²) < 4.78 is 67.1. The number of aromatic hydroxyl groups is 1. The first-order chi connectivity index (χ1) is 20.5. The molecule has 0 aliphatic carbocycles. The highest BCUT2D eigenvalue weighted by Crippen LogP contribution is 2.44. The first kappa shape index (κ1) is 31.3. The van der Waals surface area contributed by atoms with E-state index in [9.17, 15) is 60.8 Å². The van der Waals surface area contributed by atoms with Crippen LogP contribution < -0.4 is 0 Å². The van der Waals surface area contributed by atoms with E-state index >= 15 is 0 Å². The molecule has 0 aromatic heterocycles. The molecule has 0 unspecified atom stereocenters. The van der Waals surface area contributed by atoms with Gasteiger partial charge in [0.1, 0.15) is 21.2 Å². The molecule has 0 spiro atoms. The number of aromatic carboxylic acids is 3. The van der Waals surface area contributed by atoms with Crippen molar-refractivity contribution in [2.24, 2.45) is 20.5 Å². The zero-order valence-electron chi connectivity index (χ0n) is 21.4. The molecule has 0 atom stereocenters. The van der Waals surface area contributed by atoms with Crippen molar-refractivity contribution < 1.29 is 60.8 Å². The predicted molar refractivity (Wildman–Crippen MR) is 147 cm³/mol. The summed E-state index contributed by atoms with van der Waals surface area (Å²) >= 11 is 0. The van der Waals surface area contributed by atoms with Gasteiger partial charge < -0.3 is 20.4 Å². The summed E-state index contributed by atoms with van der Waals surface area (Å²) in [6.45, 7) is 0. The minimum atomic E-state index is -5.13. The van der Waals surface area contributed by atoms with E-state index in [1.54, 1.807) is 0 Å². The van der Waals surface area contributed by atoms with Crippen LogP contribution in [0.3, 0.4) is 0 Å². The summed E-state index contributed by atoms with van der Waals surface area (Å²) in [6.07, 6.45) is 0. The van der Waals surface area contributed by atoms with E-state index in [4.69, 9.17) is 0 Å². The van der Waals surface area contributed by atoms with Crippen molar-refractivity contribution in [3.63, 3.8) is 0 Å². The fraction of sp³-hybridized carbons (Fsp3) is 0. The third-order valence-corrected chi connectivity index (χ3v) is 7.52. The summed E-state index contributed by atoms with van der Waals surface area (Å²) in [7, 11) is -10.1. The smallest absolute Gasteiger partial charge is 0.338 e. The Balaban J connectivity index is 1.82. The van der Waals surface area contributed by atoms with Crippen molar-refractivity contribution in [3.8, 4) is 5.75 Å². The Hall–Kier alpha value is -5.63. The standard InChI is InChI=1S/C25H16N4O13S2/c30-22-20-11(2-1-3-18(20)43(37,38)39)9-19(44(40,41)42)21(22)29-28-17-5-4-14(10-16(17)25(35)36)26-27-15-7-12(23(31)32)6-13(8-15)24(33)34/h1-10,30H,(H,31,32)(H,33,34)(H,35,36)(H,37,38,39)(H,40,41,42)/b27-26+,29-28+. The lowest BCUT2D eigenvalue weighted by molar-refractivity contribution is 0.0682. The Morgan fingerprint density at radius 1 is 0.614 bits per heavy atom. The van der Waals surface area contributed by atoms with Crippen LogP contribution in [0.2, 0.25) is 0 Å². The highest BCUT2D eigenvalue weighted by Gasteiger charge is 2.26.